The van der Waals surface area contributed by atoms with E-state index in [4.69, 9.17) is 17.3 Å². The van der Waals surface area contributed by atoms with Crippen LogP contribution in [0.15, 0.2) is 24.3 Å². The number of amides is 4. The van der Waals surface area contributed by atoms with E-state index in [1.807, 2.05) is 11.8 Å². The number of nitrogens with two attached hydrogens (primary N) is 1. The average Bonchev–Trinajstić information content (AvgIpc) is 2.94. The Labute approximate surface area is 163 Å². The Morgan fingerprint density at radius 1 is 1.26 bits per heavy atom. The van der Waals surface area contributed by atoms with Crippen molar-refractivity contribution in [3.63, 3.8) is 0 Å². The Bertz CT molecular complexity index is 714. The van der Waals surface area contributed by atoms with Crippen LogP contribution in [0.1, 0.15) is 32.6 Å². The van der Waals surface area contributed by atoms with Crippen molar-refractivity contribution in [1.82, 2.24) is 10.2 Å². The van der Waals surface area contributed by atoms with E-state index >= 15 is 0 Å². The summed E-state index contributed by atoms with van der Waals surface area (Å²) >= 11 is 5.85. The lowest BCUT2D eigenvalue weighted by Crippen LogP contribution is -2.43. The largest absolute Gasteiger partial charge is 0.343 e. The summed E-state index contributed by atoms with van der Waals surface area (Å²) in [6.45, 7) is 3.41. The van der Waals surface area contributed by atoms with Gasteiger partial charge in [0.05, 0.1) is 5.69 Å². The van der Waals surface area contributed by atoms with Gasteiger partial charge in [0, 0.05) is 30.6 Å². The number of likely N-dealkylation sites (tertiary alicyclic amines) is 1. The molecule has 0 radical (unpaired) electrons. The number of nitrogens with one attached hydrogen (secondary N) is 1. The van der Waals surface area contributed by atoms with Crippen molar-refractivity contribution in [3.8, 4) is 0 Å². The SMILES string of the molecule is CC(N)C1CCN(C(=O)CCC2NC(=O)N(c3ccc(Cl)cc3)C2=O)CC1. The Hall–Kier alpha value is -2.12. The highest BCUT2D eigenvalue weighted by atomic mass is 35.5. The zero-order valence-corrected chi connectivity index (χ0v) is 16.1. The minimum atomic E-state index is -0.682. The molecule has 2 aliphatic heterocycles. The van der Waals surface area contributed by atoms with E-state index in [0.29, 0.717) is 36.1 Å². The van der Waals surface area contributed by atoms with Gasteiger partial charge in [-0.2, -0.15) is 0 Å². The molecular weight excluding hydrogens is 368 g/mol. The monoisotopic (exact) mass is 392 g/mol. The van der Waals surface area contributed by atoms with Crippen LogP contribution in [-0.2, 0) is 9.59 Å². The minimum Gasteiger partial charge on any atom is -0.343 e. The second kappa shape index (κ2) is 8.27. The van der Waals surface area contributed by atoms with Gasteiger partial charge in [-0.1, -0.05) is 11.6 Å². The molecule has 0 bridgehead atoms. The van der Waals surface area contributed by atoms with Gasteiger partial charge in [0.1, 0.15) is 6.04 Å². The summed E-state index contributed by atoms with van der Waals surface area (Å²) in [7, 11) is 0. The van der Waals surface area contributed by atoms with Gasteiger partial charge in [-0.3, -0.25) is 9.59 Å². The molecule has 2 heterocycles. The van der Waals surface area contributed by atoms with Gasteiger partial charge in [-0.25, -0.2) is 9.69 Å². The van der Waals surface area contributed by atoms with Crippen LogP contribution in [0.5, 0.6) is 0 Å². The highest BCUT2D eigenvalue weighted by Crippen LogP contribution is 2.24. The molecule has 1 aromatic carbocycles. The molecule has 0 aliphatic carbocycles. The summed E-state index contributed by atoms with van der Waals surface area (Å²) in [5.74, 6) is 0.133. The average molecular weight is 393 g/mol. The third-order valence-corrected chi connectivity index (χ3v) is 5.64. The molecule has 2 aliphatic rings. The maximum absolute atomic E-state index is 12.6. The summed E-state index contributed by atoms with van der Waals surface area (Å²) in [6.07, 6.45) is 2.34. The van der Waals surface area contributed by atoms with E-state index in [0.717, 1.165) is 17.7 Å². The lowest BCUT2D eigenvalue weighted by atomic mass is 9.91. The quantitative estimate of drug-likeness (QED) is 0.750. The highest BCUT2D eigenvalue weighted by Gasteiger charge is 2.39. The van der Waals surface area contributed by atoms with Crippen LogP contribution in [0.4, 0.5) is 10.5 Å². The first-order chi connectivity index (χ1) is 12.9. The first-order valence-corrected chi connectivity index (χ1v) is 9.68. The van der Waals surface area contributed by atoms with Crippen molar-refractivity contribution in [2.75, 3.05) is 18.0 Å². The number of piperidine rings is 1. The van der Waals surface area contributed by atoms with E-state index in [1.165, 1.54) is 0 Å². The van der Waals surface area contributed by atoms with Gasteiger partial charge in [-0.15, -0.1) is 0 Å². The summed E-state index contributed by atoms with van der Waals surface area (Å²) in [5.41, 5.74) is 6.40. The molecular formula is C19H25ClN4O3. The molecule has 0 spiro atoms. The van der Waals surface area contributed by atoms with Crippen LogP contribution >= 0.6 is 11.6 Å². The van der Waals surface area contributed by atoms with Crippen LogP contribution in [0.25, 0.3) is 0 Å². The number of anilines is 1. The summed E-state index contributed by atoms with van der Waals surface area (Å²) in [6, 6.07) is 5.48. The third kappa shape index (κ3) is 4.42. The molecule has 3 rings (SSSR count). The molecule has 0 aromatic heterocycles. The van der Waals surface area contributed by atoms with Crippen LogP contribution in [0.3, 0.4) is 0 Å². The molecule has 1 aromatic rings. The van der Waals surface area contributed by atoms with E-state index < -0.39 is 12.1 Å². The van der Waals surface area contributed by atoms with Crippen molar-refractivity contribution in [2.24, 2.45) is 11.7 Å². The Balaban J connectivity index is 1.53. The Morgan fingerprint density at radius 3 is 2.48 bits per heavy atom. The maximum atomic E-state index is 12.6. The van der Waals surface area contributed by atoms with Gasteiger partial charge in [0.25, 0.3) is 5.91 Å². The molecule has 2 unspecified atom stereocenters. The molecule has 0 saturated carbocycles. The maximum Gasteiger partial charge on any atom is 0.329 e. The zero-order valence-electron chi connectivity index (χ0n) is 15.4. The lowest BCUT2D eigenvalue weighted by molar-refractivity contribution is -0.133. The summed E-state index contributed by atoms with van der Waals surface area (Å²) in [5, 5.41) is 3.19. The van der Waals surface area contributed by atoms with Crippen molar-refractivity contribution < 1.29 is 14.4 Å². The number of imide groups is 1. The predicted molar refractivity (Wildman–Crippen MR) is 103 cm³/mol. The smallest absolute Gasteiger partial charge is 0.329 e. The highest BCUT2D eigenvalue weighted by molar-refractivity contribution is 6.30. The Kier molecular flexibility index (Phi) is 6.01. The number of carbonyl (C=O) groups excluding carboxylic acids is 3. The Morgan fingerprint density at radius 2 is 1.89 bits per heavy atom. The lowest BCUT2D eigenvalue weighted by Gasteiger charge is -2.33. The fourth-order valence-electron chi connectivity index (χ4n) is 3.66. The normalized spacial score (nSPS) is 22.1. The van der Waals surface area contributed by atoms with Crippen molar-refractivity contribution in [1.29, 1.82) is 0 Å². The van der Waals surface area contributed by atoms with Crippen LogP contribution < -0.4 is 16.0 Å². The number of carbonyl (C=O) groups is 3. The molecule has 7 nitrogen and oxygen atoms in total. The predicted octanol–water partition coefficient (Wildman–Crippen LogP) is 2.13. The zero-order chi connectivity index (χ0) is 19.6. The van der Waals surface area contributed by atoms with E-state index in [-0.39, 0.29) is 24.3 Å². The second-order valence-electron chi connectivity index (χ2n) is 7.27. The first kappa shape index (κ1) is 19.6. The van der Waals surface area contributed by atoms with E-state index in [2.05, 4.69) is 5.32 Å². The second-order valence-corrected chi connectivity index (χ2v) is 7.70. The molecule has 2 atom stereocenters. The molecule has 4 amide bonds. The van der Waals surface area contributed by atoms with Gasteiger partial charge in [0.15, 0.2) is 0 Å². The number of hydrogen-bond acceptors (Lipinski definition) is 4. The van der Waals surface area contributed by atoms with E-state index in [1.54, 1.807) is 24.3 Å². The van der Waals surface area contributed by atoms with Gasteiger partial charge in [0.2, 0.25) is 5.91 Å². The van der Waals surface area contributed by atoms with Crippen LogP contribution in [0, 0.1) is 5.92 Å². The number of halogens is 1. The minimum absolute atomic E-state index is 0.0186. The van der Waals surface area contributed by atoms with Gasteiger partial charge < -0.3 is 16.0 Å². The van der Waals surface area contributed by atoms with Crippen molar-refractivity contribution in [2.45, 2.75) is 44.7 Å². The summed E-state index contributed by atoms with van der Waals surface area (Å²) < 4.78 is 0. The molecule has 2 fully saturated rings. The van der Waals surface area contributed by atoms with Crippen LogP contribution in [-0.4, -0.2) is 47.9 Å². The number of rotatable bonds is 5. The third-order valence-electron chi connectivity index (χ3n) is 5.39. The fourth-order valence-corrected chi connectivity index (χ4v) is 3.79. The van der Waals surface area contributed by atoms with Crippen LogP contribution in [0.2, 0.25) is 5.02 Å². The summed E-state index contributed by atoms with van der Waals surface area (Å²) in [4.78, 5) is 40.1. The number of nitrogens with zero attached hydrogens (tertiary/aromatic N) is 2. The first-order valence-electron chi connectivity index (χ1n) is 9.30. The standard InChI is InChI=1S/C19H25ClN4O3/c1-12(21)13-8-10-23(11-9-13)17(25)7-6-16-18(26)24(19(27)22-16)15-4-2-14(20)3-5-15/h2-5,12-13,16H,6-11,21H2,1H3,(H,22,27). The van der Waals surface area contributed by atoms with Gasteiger partial charge >= 0.3 is 6.03 Å². The topological polar surface area (TPSA) is 95.7 Å². The molecule has 146 valence electrons. The van der Waals surface area contributed by atoms with Gasteiger partial charge in [-0.05, 0) is 56.4 Å². The molecule has 3 N–H and O–H groups in total. The number of hydrogen-bond donors (Lipinski definition) is 2. The molecule has 2 saturated heterocycles. The fraction of sp³-hybridized carbons (Fsp3) is 0.526. The van der Waals surface area contributed by atoms with Crippen molar-refractivity contribution in [3.05, 3.63) is 29.3 Å². The van der Waals surface area contributed by atoms with E-state index in [9.17, 15) is 14.4 Å². The van der Waals surface area contributed by atoms with Crippen molar-refractivity contribution >= 4 is 35.1 Å². The number of urea groups is 1. The number of benzene rings is 1. The molecule has 8 heteroatoms. The molecule has 27 heavy (non-hydrogen) atoms.